The first kappa shape index (κ1) is 14.5. The zero-order valence-corrected chi connectivity index (χ0v) is 13.4. The summed E-state index contributed by atoms with van der Waals surface area (Å²) in [7, 11) is 0. The second kappa shape index (κ2) is 5.77. The summed E-state index contributed by atoms with van der Waals surface area (Å²) >= 11 is 3.37. The summed E-state index contributed by atoms with van der Waals surface area (Å²) in [6, 6.07) is 14.7. The van der Waals surface area contributed by atoms with Gasteiger partial charge in [0.25, 0.3) is 11.5 Å². The normalized spacial score (nSPS) is 10.6. The van der Waals surface area contributed by atoms with Crippen LogP contribution in [0.4, 0.5) is 5.69 Å². The van der Waals surface area contributed by atoms with Gasteiger partial charge in [-0.15, -0.1) is 0 Å². The number of nitrogens with one attached hydrogen (secondary N) is 2. The average Bonchev–Trinajstić information content (AvgIpc) is 2.49. The number of fused-ring (bicyclic) bond motifs is 1. The van der Waals surface area contributed by atoms with Gasteiger partial charge < -0.3 is 10.3 Å². The van der Waals surface area contributed by atoms with E-state index in [1.807, 2.05) is 42.5 Å². The Morgan fingerprint density at radius 2 is 1.77 bits per heavy atom. The molecule has 3 aromatic rings. The van der Waals surface area contributed by atoms with E-state index in [0.29, 0.717) is 11.3 Å². The van der Waals surface area contributed by atoms with Gasteiger partial charge in [-0.2, -0.15) is 0 Å². The van der Waals surface area contributed by atoms with Crippen LogP contribution < -0.4 is 10.9 Å². The van der Waals surface area contributed by atoms with E-state index >= 15 is 0 Å². The van der Waals surface area contributed by atoms with E-state index in [-0.39, 0.29) is 11.1 Å². The minimum Gasteiger partial charge on any atom is -0.321 e. The second-order valence-corrected chi connectivity index (χ2v) is 5.79. The number of hydrogen-bond acceptors (Lipinski definition) is 2. The van der Waals surface area contributed by atoms with Gasteiger partial charge >= 0.3 is 0 Å². The third-order valence-electron chi connectivity index (χ3n) is 3.53. The number of H-pyrrole nitrogens is 1. The first-order valence-electron chi connectivity index (χ1n) is 6.75. The molecule has 0 radical (unpaired) electrons. The molecule has 2 N–H and O–H groups in total. The van der Waals surface area contributed by atoms with E-state index < -0.39 is 5.91 Å². The van der Waals surface area contributed by atoms with Gasteiger partial charge in [-0.25, -0.2) is 0 Å². The summed E-state index contributed by atoms with van der Waals surface area (Å²) in [5.74, 6) is -0.420. The summed E-state index contributed by atoms with van der Waals surface area (Å²) in [5, 5.41) is 3.63. The molecule has 0 aliphatic carbocycles. The summed E-state index contributed by atoms with van der Waals surface area (Å²) in [6.45, 7) is 1.78. The second-order valence-electron chi connectivity index (χ2n) is 4.93. The maximum atomic E-state index is 12.5. The molecule has 0 aliphatic rings. The number of halogens is 1. The third kappa shape index (κ3) is 2.55. The third-order valence-corrected chi connectivity index (χ3v) is 4.22. The first-order chi connectivity index (χ1) is 10.6. The molecule has 0 bridgehead atoms. The summed E-state index contributed by atoms with van der Waals surface area (Å²) < 4.78 is 0.762. The number of anilines is 1. The van der Waals surface area contributed by atoms with Gasteiger partial charge in [0.1, 0.15) is 5.56 Å². The molecule has 1 heterocycles. The Labute approximate surface area is 135 Å². The number of aryl methyl sites for hydroxylation is 1. The van der Waals surface area contributed by atoms with Crippen LogP contribution in [0.5, 0.6) is 0 Å². The van der Waals surface area contributed by atoms with Crippen molar-refractivity contribution >= 4 is 38.4 Å². The van der Waals surface area contributed by atoms with Crippen molar-refractivity contribution in [2.24, 2.45) is 0 Å². The molecule has 3 rings (SSSR count). The molecule has 1 amide bonds. The van der Waals surface area contributed by atoms with Gasteiger partial charge in [0.15, 0.2) is 0 Å². The van der Waals surface area contributed by atoms with Crippen molar-refractivity contribution in [3.05, 3.63) is 74.5 Å². The van der Waals surface area contributed by atoms with Crippen molar-refractivity contribution in [3.63, 3.8) is 0 Å². The van der Waals surface area contributed by atoms with Gasteiger partial charge in [-0.1, -0.05) is 30.3 Å². The van der Waals surface area contributed by atoms with E-state index in [0.717, 1.165) is 15.4 Å². The number of para-hydroxylation sites is 2. The quantitative estimate of drug-likeness (QED) is 0.732. The van der Waals surface area contributed by atoms with E-state index in [2.05, 4.69) is 26.2 Å². The van der Waals surface area contributed by atoms with E-state index in [4.69, 9.17) is 0 Å². The highest BCUT2D eigenvalue weighted by atomic mass is 79.9. The molecule has 0 saturated heterocycles. The number of amides is 1. The first-order valence-corrected chi connectivity index (χ1v) is 7.54. The number of pyridine rings is 1. The Morgan fingerprint density at radius 3 is 2.55 bits per heavy atom. The molecule has 0 spiro atoms. The summed E-state index contributed by atoms with van der Waals surface area (Å²) in [4.78, 5) is 27.5. The lowest BCUT2D eigenvalue weighted by atomic mass is 10.0. The Morgan fingerprint density at radius 1 is 1.09 bits per heavy atom. The van der Waals surface area contributed by atoms with Crippen molar-refractivity contribution in [1.82, 2.24) is 4.98 Å². The molecule has 0 atom stereocenters. The molecule has 0 aliphatic heterocycles. The van der Waals surface area contributed by atoms with Crippen LogP contribution in [-0.4, -0.2) is 10.9 Å². The smallest absolute Gasteiger partial charge is 0.261 e. The fraction of sp³-hybridized carbons (Fsp3) is 0.0588. The van der Waals surface area contributed by atoms with Crippen molar-refractivity contribution in [1.29, 1.82) is 0 Å². The topological polar surface area (TPSA) is 62.0 Å². The Balaban J connectivity index is 2.08. The van der Waals surface area contributed by atoms with Gasteiger partial charge in [0.05, 0.1) is 5.69 Å². The van der Waals surface area contributed by atoms with Crippen LogP contribution in [0.15, 0.2) is 57.8 Å². The number of hydrogen-bond donors (Lipinski definition) is 2. The fourth-order valence-corrected chi connectivity index (χ4v) is 2.81. The van der Waals surface area contributed by atoms with E-state index in [9.17, 15) is 9.59 Å². The number of carbonyl (C=O) groups excluding carboxylic acids is 1. The lowest BCUT2D eigenvalue weighted by molar-refractivity contribution is 0.102. The molecule has 0 unspecified atom stereocenters. The standard InChI is InChI=1S/C17H13BrN2O2/c1-10-11-6-2-4-8-13(11)19-16(21)15(10)17(22)20-14-9-5-3-7-12(14)18/h2-9H,1H3,(H,19,21)(H,20,22). The van der Waals surface area contributed by atoms with E-state index in [1.165, 1.54) is 0 Å². The lowest BCUT2D eigenvalue weighted by Crippen LogP contribution is -2.25. The number of aromatic nitrogens is 1. The highest BCUT2D eigenvalue weighted by Gasteiger charge is 2.17. The van der Waals surface area contributed by atoms with Gasteiger partial charge in [0.2, 0.25) is 0 Å². The van der Waals surface area contributed by atoms with Crippen LogP contribution in [0.1, 0.15) is 15.9 Å². The average molecular weight is 357 g/mol. The molecule has 22 heavy (non-hydrogen) atoms. The molecular weight excluding hydrogens is 344 g/mol. The summed E-state index contributed by atoms with van der Waals surface area (Å²) in [5.41, 5.74) is 1.76. The van der Waals surface area contributed by atoms with Crippen LogP contribution in [-0.2, 0) is 0 Å². The minimum absolute atomic E-state index is 0.134. The lowest BCUT2D eigenvalue weighted by Gasteiger charge is -2.10. The maximum absolute atomic E-state index is 12.5. The monoisotopic (exact) mass is 356 g/mol. The van der Waals surface area contributed by atoms with Gasteiger partial charge in [-0.3, -0.25) is 9.59 Å². The number of benzene rings is 2. The summed E-state index contributed by atoms with van der Waals surface area (Å²) in [6.07, 6.45) is 0. The Kier molecular flexibility index (Phi) is 3.81. The van der Waals surface area contributed by atoms with Crippen LogP contribution >= 0.6 is 15.9 Å². The van der Waals surface area contributed by atoms with Crippen molar-refractivity contribution in [2.75, 3.05) is 5.32 Å². The maximum Gasteiger partial charge on any atom is 0.261 e. The van der Waals surface area contributed by atoms with Gasteiger partial charge in [-0.05, 0) is 46.6 Å². The van der Waals surface area contributed by atoms with Crippen molar-refractivity contribution in [3.8, 4) is 0 Å². The Bertz CT molecular complexity index is 931. The molecular formula is C17H13BrN2O2. The highest BCUT2D eigenvalue weighted by Crippen LogP contribution is 2.23. The number of rotatable bonds is 2. The van der Waals surface area contributed by atoms with Crippen LogP contribution in [0.25, 0.3) is 10.9 Å². The number of aromatic amines is 1. The fourth-order valence-electron chi connectivity index (χ4n) is 2.43. The zero-order valence-electron chi connectivity index (χ0n) is 11.8. The molecule has 110 valence electrons. The van der Waals surface area contributed by atoms with Crippen LogP contribution in [0.2, 0.25) is 0 Å². The van der Waals surface area contributed by atoms with Gasteiger partial charge in [0, 0.05) is 15.4 Å². The Hall–Kier alpha value is -2.40. The van der Waals surface area contributed by atoms with Crippen LogP contribution in [0, 0.1) is 6.92 Å². The highest BCUT2D eigenvalue weighted by molar-refractivity contribution is 9.10. The van der Waals surface area contributed by atoms with Crippen molar-refractivity contribution < 1.29 is 4.79 Å². The van der Waals surface area contributed by atoms with E-state index in [1.54, 1.807) is 13.0 Å². The SMILES string of the molecule is Cc1c(C(=O)Nc2ccccc2Br)c(=O)[nH]c2ccccc12. The molecule has 0 saturated carbocycles. The minimum atomic E-state index is -0.420. The molecule has 2 aromatic carbocycles. The predicted octanol–water partition coefficient (Wildman–Crippen LogP) is 3.85. The number of carbonyl (C=O) groups is 1. The largest absolute Gasteiger partial charge is 0.321 e. The molecule has 5 heteroatoms. The molecule has 4 nitrogen and oxygen atoms in total. The molecule has 1 aromatic heterocycles. The van der Waals surface area contributed by atoms with Crippen molar-refractivity contribution in [2.45, 2.75) is 6.92 Å². The molecule has 0 fully saturated rings. The zero-order chi connectivity index (χ0) is 15.7. The van der Waals surface area contributed by atoms with Crippen LogP contribution in [0.3, 0.4) is 0 Å². The predicted molar refractivity (Wildman–Crippen MR) is 91.4 cm³/mol.